The third kappa shape index (κ3) is 7.22. The topological polar surface area (TPSA) is 104 Å². The number of carbonyl (C=O) groups excluding carboxylic acids is 1. The first-order valence-electron chi connectivity index (χ1n) is 8.20. The van der Waals surface area contributed by atoms with Gasteiger partial charge in [-0.15, -0.1) is 0 Å². The number of carbonyl (C=O) groups is 2. The Bertz CT molecular complexity index is 331. The van der Waals surface area contributed by atoms with E-state index in [0.717, 1.165) is 38.5 Å². The number of hydrogen-bond donors (Lipinski definition) is 3. The van der Waals surface area contributed by atoms with E-state index < -0.39 is 23.6 Å². The van der Waals surface area contributed by atoms with Gasteiger partial charge in [0.1, 0.15) is 0 Å². The van der Waals surface area contributed by atoms with E-state index in [-0.39, 0.29) is 13.0 Å². The number of rotatable bonds is 13. The van der Waals surface area contributed by atoms with Crippen molar-refractivity contribution in [2.45, 2.75) is 83.3 Å². The van der Waals surface area contributed by atoms with Crippen molar-refractivity contribution in [2.75, 3.05) is 6.61 Å². The molecule has 0 saturated heterocycles. The Labute approximate surface area is 132 Å². The number of hydrogen-bond acceptors (Lipinski definition) is 5. The van der Waals surface area contributed by atoms with Gasteiger partial charge in [0.2, 0.25) is 0 Å². The summed E-state index contributed by atoms with van der Waals surface area (Å²) < 4.78 is 4.97. The lowest BCUT2D eigenvalue weighted by molar-refractivity contribution is -0.189. The lowest BCUT2D eigenvalue weighted by atomic mass is 9.90. The first-order chi connectivity index (χ1) is 10.4. The SMILES string of the molecule is CCCCCCOC(=O)C(O)(CCCCCC)C(O)C(=O)O. The molecule has 130 valence electrons. The second-order valence-electron chi connectivity index (χ2n) is 5.67. The van der Waals surface area contributed by atoms with Gasteiger partial charge in [-0.05, 0) is 19.3 Å². The van der Waals surface area contributed by atoms with E-state index in [1.165, 1.54) is 0 Å². The van der Waals surface area contributed by atoms with Crippen molar-refractivity contribution in [3.8, 4) is 0 Å². The number of carboxylic acids is 1. The Balaban J connectivity index is 4.55. The van der Waals surface area contributed by atoms with Crippen molar-refractivity contribution < 1.29 is 29.6 Å². The molecule has 0 aromatic rings. The summed E-state index contributed by atoms with van der Waals surface area (Å²) in [4.78, 5) is 22.9. The van der Waals surface area contributed by atoms with Crippen molar-refractivity contribution in [1.29, 1.82) is 0 Å². The molecule has 0 aliphatic heterocycles. The van der Waals surface area contributed by atoms with Crippen molar-refractivity contribution in [3.05, 3.63) is 0 Å². The standard InChI is InChI=1S/C16H30O6/c1-3-5-7-9-11-16(21,13(17)14(18)19)15(20)22-12-10-8-6-4-2/h13,17,21H,3-12H2,1-2H3,(H,18,19). The molecule has 0 aliphatic rings. The summed E-state index contributed by atoms with van der Waals surface area (Å²) in [5.41, 5.74) is -2.37. The van der Waals surface area contributed by atoms with E-state index in [2.05, 4.69) is 6.92 Å². The van der Waals surface area contributed by atoms with Crippen LogP contribution in [0.5, 0.6) is 0 Å². The summed E-state index contributed by atoms with van der Waals surface area (Å²) in [5, 5.41) is 28.9. The molecule has 0 fully saturated rings. The molecule has 22 heavy (non-hydrogen) atoms. The first kappa shape index (κ1) is 20.9. The maximum atomic E-state index is 12.0. The van der Waals surface area contributed by atoms with Crippen LogP contribution in [0.4, 0.5) is 0 Å². The molecule has 3 N–H and O–H groups in total. The van der Waals surface area contributed by atoms with Crippen LogP contribution in [0.2, 0.25) is 0 Å². The summed E-state index contributed by atoms with van der Waals surface area (Å²) in [7, 11) is 0. The molecule has 0 heterocycles. The second-order valence-corrected chi connectivity index (χ2v) is 5.67. The zero-order valence-electron chi connectivity index (χ0n) is 13.7. The molecule has 2 unspecified atom stereocenters. The molecule has 0 spiro atoms. The van der Waals surface area contributed by atoms with Gasteiger partial charge in [0, 0.05) is 0 Å². The highest BCUT2D eigenvalue weighted by Gasteiger charge is 2.48. The Morgan fingerprint density at radius 3 is 2.05 bits per heavy atom. The number of aliphatic hydroxyl groups is 2. The van der Waals surface area contributed by atoms with Crippen LogP contribution in [-0.4, -0.2) is 45.6 Å². The molecule has 2 atom stereocenters. The number of ether oxygens (including phenoxy) is 1. The average Bonchev–Trinajstić information content (AvgIpc) is 2.50. The molecule has 0 radical (unpaired) electrons. The van der Waals surface area contributed by atoms with Crippen LogP contribution >= 0.6 is 0 Å². The van der Waals surface area contributed by atoms with Crippen LogP contribution in [-0.2, 0) is 14.3 Å². The van der Waals surface area contributed by atoms with Gasteiger partial charge < -0.3 is 20.1 Å². The minimum absolute atomic E-state index is 0.117. The predicted molar refractivity (Wildman–Crippen MR) is 82.5 cm³/mol. The van der Waals surface area contributed by atoms with Gasteiger partial charge >= 0.3 is 11.9 Å². The lowest BCUT2D eigenvalue weighted by Crippen LogP contribution is -2.54. The summed E-state index contributed by atoms with van der Waals surface area (Å²) >= 11 is 0. The fourth-order valence-electron chi connectivity index (χ4n) is 2.19. The minimum atomic E-state index is -2.37. The van der Waals surface area contributed by atoms with Crippen molar-refractivity contribution in [3.63, 3.8) is 0 Å². The molecule has 0 bridgehead atoms. The molecular weight excluding hydrogens is 288 g/mol. The molecule has 0 amide bonds. The van der Waals surface area contributed by atoms with Crippen LogP contribution < -0.4 is 0 Å². The highest BCUT2D eigenvalue weighted by molar-refractivity contribution is 5.88. The van der Waals surface area contributed by atoms with E-state index in [1.807, 2.05) is 6.92 Å². The van der Waals surface area contributed by atoms with Gasteiger partial charge in [0.05, 0.1) is 6.61 Å². The van der Waals surface area contributed by atoms with Gasteiger partial charge in [-0.1, -0.05) is 52.4 Å². The van der Waals surface area contributed by atoms with Gasteiger partial charge in [-0.25, -0.2) is 9.59 Å². The summed E-state index contributed by atoms with van der Waals surface area (Å²) in [6.45, 7) is 4.20. The van der Waals surface area contributed by atoms with Crippen molar-refractivity contribution in [1.82, 2.24) is 0 Å². The monoisotopic (exact) mass is 318 g/mol. The van der Waals surface area contributed by atoms with Crippen LogP contribution in [0.25, 0.3) is 0 Å². The Kier molecular flexibility index (Phi) is 10.8. The highest BCUT2D eigenvalue weighted by Crippen LogP contribution is 2.22. The summed E-state index contributed by atoms with van der Waals surface area (Å²) in [6, 6.07) is 0. The van der Waals surface area contributed by atoms with Gasteiger partial charge in [-0.3, -0.25) is 0 Å². The number of carboxylic acid groups (broad SMARTS) is 1. The van der Waals surface area contributed by atoms with E-state index >= 15 is 0 Å². The van der Waals surface area contributed by atoms with Crippen LogP contribution in [0.1, 0.15) is 71.6 Å². The molecule has 0 aromatic heterocycles. The van der Waals surface area contributed by atoms with E-state index in [1.54, 1.807) is 0 Å². The number of aliphatic hydroxyl groups excluding tert-OH is 1. The second kappa shape index (κ2) is 11.4. The minimum Gasteiger partial charge on any atom is -0.479 e. The van der Waals surface area contributed by atoms with Crippen LogP contribution in [0, 0.1) is 0 Å². The fourth-order valence-corrected chi connectivity index (χ4v) is 2.19. The average molecular weight is 318 g/mol. The summed E-state index contributed by atoms with van der Waals surface area (Å²) in [6.07, 6.45) is 4.46. The van der Waals surface area contributed by atoms with Crippen LogP contribution in [0.3, 0.4) is 0 Å². The number of unbranched alkanes of at least 4 members (excludes halogenated alkanes) is 6. The van der Waals surface area contributed by atoms with Crippen LogP contribution in [0.15, 0.2) is 0 Å². The normalized spacial score (nSPS) is 15.1. The molecular formula is C16H30O6. The Hall–Kier alpha value is -1.14. The first-order valence-corrected chi connectivity index (χ1v) is 8.20. The highest BCUT2D eigenvalue weighted by atomic mass is 16.6. The van der Waals surface area contributed by atoms with E-state index in [9.17, 15) is 19.8 Å². The van der Waals surface area contributed by atoms with Gasteiger partial charge in [0.15, 0.2) is 11.7 Å². The van der Waals surface area contributed by atoms with Crippen molar-refractivity contribution in [2.24, 2.45) is 0 Å². The Morgan fingerprint density at radius 1 is 1.00 bits per heavy atom. The maximum Gasteiger partial charge on any atom is 0.341 e. The number of aliphatic carboxylic acids is 1. The largest absolute Gasteiger partial charge is 0.479 e. The fraction of sp³-hybridized carbons (Fsp3) is 0.875. The zero-order chi connectivity index (χ0) is 17.0. The predicted octanol–water partition coefficient (Wildman–Crippen LogP) is 2.26. The molecule has 0 saturated carbocycles. The molecule has 0 rings (SSSR count). The van der Waals surface area contributed by atoms with Gasteiger partial charge in [-0.2, -0.15) is 0 Å². The molecule has 6 nitrogen and oxygen atoms in total. The van der Waals surface area contributed by atoms with E-state index in [4.69, 9.17) is 9.84 Å². The smallest absolute Gasteiger partial charge is 0.341 e. The lowest BCUT2D eigenvalue weighted by Gasteiger charge is -2.28. The quantitative estimate of drug-likeness (QED) is 0.355. The van der Waals surface area contributed by atoms with Gasteiger partial charge in [0.25, 0.3) is 0 Å². The third-order valence-corrected chi connectivity index (χ3v) is 3.68. The van der Waals surface area contributed by atoms with E-state index in [0.29, 0.717) is 12.8 Å². The third-order valence-electron chi connectivity index (χ3n) is 3.68. The molecule has 6 heteroatoms. The molecule has 0 aliphatic carbocycles. The number of esters is 1. The summed E-state index contributed by atoms with van der Waals surface area (Å²) in [5.74, 6) is -2.67. The molecule has 0 aromatic carbocycles. The zero-order valence-corrected chi connectivity index (χ0v) is 13.7. The van der Waals surface area contributed by atoms with Crippen molar-refractivity contribution >= 4 is 11.9 Å². The maximum absolute atomic E-state index is 12.0. The Morgan fingerprint density at radius 2 is 1.55 bits per heavy atom.